The summed E-state index contributed by atoms with van der Waals surface area (Å²) in [6.07, 6.45) is -2.45. The fourth-order valence-corrected chi connectivity index (χ4v) is 4.73. The molecule has 2 aromatic heterocycles. The molecule has 0 spiro atoms. The number of hydrogen-bond donors (Lipinski definition) is 3. The molecule has 188 valence electrons. The van der Waals surface area contributed by atoms with Gasteiger partial charge in [0.05, 0.1) is 11.8 Å². The Morgan fingerprint density at radius 1 is 1.23 bits per heavy atom. The number of nitrogen functional groups attached to an aromatic ring is 1. The molecule has 1 aromatic carbocycles. The van der Waals surface area contributed by atoms with E-state index in [1.807, 2.05) is 0 Å². The highest BCUT2D eigenvalue weighted by molar-refractivity contribution is 7.19. The van der Waals surface area contributed by atoms with E-state index in [-0.39, 0.29) is 53.1 Å². The van der Waals surface area contributed by atoms with Gasteiger partial charge in [-0.3, -0.25) is 4.79 Å². The molecular weight excluding hydrogens is 493 g/mol. The third-order valence-corrected chi connectivity index (χ3v) is 6.49. The van der Waals surface area contributed by atoms with Gasteiger partial charge >= 0.3 is 0 Å². The normalized spacial score (nSPS) is 18.7. The van der Waals surface area contributed by atoms with Gasteiger partial charge in [0.25, 0.3) is 12.3 Å². The van der Waals surface area contributed by atoms with Crippen LogP contribution in [-0.4, -0.2) is 52.4 Å². The minimum absolute atomic E-state index is 0.0744. The molecule has 5 N–H and O–H groups in total. The maximum absolute atomic E-state index is 14.2. The summed E-state index contributed by atoms with van der Waals surface area (Å²) in [4.78, 5) is 18.6. The van der Waals surface area contributed by atoms with Gasteiger partial charge in [0.15, 0.2) is 11.5 Å². The Bertz CT molecular complexity index is 1180. The molecule has 1 saturated heterocycles. The lowest BCUT2D eigenvalue weighted by atomic mass is 10.1. The number of anilines is 3. The highest BCUT2D eigenvalue weighted by atomic mass is 32.1. The SMILES string of the molecule is Nc1sc(-c2c(F)cccc2F)nc1C(=O)Nc1cnn(CC(F)F)c1N1CCC(N)C(F)CC1. The summed E-state index contributed by atoms with van der Waals surface area (Å²) in [6, 6.07) is 2.60. The van der Waals surface area contributed by atoms with Gasteiger partial charge in [-0.1, -0.05) is 17.4 Å². The van der Waals surface area contributed by atoms with Crippen molar-refractivity contribution in [1.82, 2.24) is 14.8 Å². The second-order valence-electron chi connectivity index (χ2n) is 7.98. The Morgan fingerprint density at radius 3 is 2.60 bits per heavy atom. The summed E-state index contributed by atoms with van der Waals surface area (Å²) in [7, 11) is 0. The molecule has 14 heteroatoms. The smallest absolute Gasteiger partial charge is 0.277 e. The summed E-state index contributed by atoms with van der Waals surface area (Å²) in [5, 5.41) is 6.26. The first-order valence-corrected chi connectivity index (χ1v) is 11.5. The van der Waals surface area contributed by atoms with E-state index in [1.54, 1.807) is 4.90 Å². The Morgan fingerprint density at radius 2 is 1.91 bits per heavy atom. The molecule has 1 aliphatic heterocycles. The van der Waals surface area contributed by atoms with Gasteiger partial charge in [0, 0.05) is 19.1 Å². The average Bonchev–Trinajstić information content (AvgIpc) is 3.31. The number of carbonyl (C=O) groups is 1. The van der Waals surface area contributed by atoms with E-state index in [9.17, 15) is 26.7 Å². The van der Waals surface area contributed by atoms with Gasteiger partial charge in [-0.2, -0.15) is 5.10 Å². The first-order valence-electron chi connectivity index (χ1n) is 10.7. The summed E-state index contributed by atoms with van der Waals surface area (Å²) in [5.74, 6) is -2.40. The Hall–Kier alpha value is -3.26. The second kappa shape index (κ2) is 10.2. The van der Waals surface area contributed by atoms with Crippen LogP contribution in [0.5, 0.6) is 0 Å². The quantitative estimate of drug-likeness (QED) is 0.432. The first-order chi connectivity index (χ1) is 16.7. The van der Waals surface area contributed by atoms with E-state index >= 15 is 0 Å². The fraction of sp³-hybridized carbons (Fsp3) is 0.381. The lowest BCUT2D eigenvalue weighted by Crippen LogP contribution is -2.31. The standard InChI is InChI=1S/C21H22F5N7OS/c22-10-4-6-32(7-5-13(10)27)21-14(8-29-33(21)9-15(25)26)30-19(34)17-18(28)35-20(31-17)16-11(23)2-1-3-12(16)24/h1-3,8,10,13,15H,4-7,9,27-28H2,(H,30,34). The second-order valence-corrected chi connectivity index (χ2v) is 9.01. The third-order valence-electron chi connectivity index (χ3n) is 5.59. The van der Waals surface area contributed by atoms with E-state index < -0.39 is 48.3 Å². The highest BCUT2D eigenvalue weighted by Crippen LogP contribution is 2.35. The fourth-order valence-electron chi connectivity index (χ4n) is 3.85. The van der Waals surface area contributed by atoms with Gasteiger partial charge in [-0.15, -0.1) is 0 Å². The van der Waals surface area contributed by atoms with Crippen LogP contribution in [0, 0.1) is 11.6 Å². The van der Waals surface area contributed by atoms with Gasteiger partial charge in [0.2, 0.25) is 0 Å². The van der Waals surface area contributed by atoms with Crippen LogP contribution >= 0.6 is 11.3 Å². The average molecular weight is 516 g/mol. The summed E-state index contributed by atoms with van der Waals surface area (Å²) in [5.41, 5.74) is 11.1. The van der Waals surface area contributed by atoms with Gasteiger partial charge in [-0.05, 0) is 25.0 Å². The van der Waals surface area contributed by atoms with Gasteiger partial charge in [0.1, 0.15) is 40.0 Å². The van der Waals surface area contributed by atoms with Crippen LogP contribution in [0.15, 0.2) is 24.4 Å². The molecule has 0 bridgehead atoms. The molecule has 0 saturated carbocycles. The number of aromatic nitrogens is 3. The minimum atomic E-state index is -2.73. The number of nitrogens with two attached hydrogens (primary N) is 2. The van der Waals surface area contributed by atoms with Crippen molar-refractivity contribution in [2.75, 3.05) is 29.0 Å². The number of nitrogens with zero attached hydrogens (tertiary/aromatic N) is 4. The van der Waals surface area contributed by atoms with Crippen LogP contribution in [-0.2, 0) is 6.54 Å². The number of nitrogens with one attached hydrogen (secondary N) is 1. The predicted octanol–water partition coefficient (Wildman–Crippen LogP) is 3.65. The van der Waals surface area contributed by atoms with Crippen LogP contribution in [0.4, 0.5) is 38.5 Å². The number of rotatable bonds is 6. The molecule has 8 nitrogen and oxygen atoms in total. The molecule has 3 aromatic rings. The van der Waals surface area contributed by atoms with Crippen molar-refractivity contribution in [2.45, 2.75) is 38.0 Å². The molecular formula is C21H22F5N7OS. The number of thiazole rings is 1. The van der Waals surface area contributed by atoms with Crippen LogP contribution < -0.4 is 21.7 Å². The van der Waals surface area contributed by atoms with E-state index in [2.05, 4.69) is 15.4 Å². The van der Waals surface area contributed by atoms with Crippen molar-refractivity contribution in [3.63, 3.8) is 0 Å². The van der Waals surface area contributed by atoms with E-state index in [0.717, 1.165) is 28.2 Å². The van der Waals surface area contributed by atoms with E-state index in [0.29, 0.717) is 0 Å². The Kier molecular flexibility index (Phi) is 7.21. The predicted molar refractivity (Wildman–Crippen MR) is 122 cm³/mol. The molecule has 2 atom stereocenters. The van der Waals surface area contributed by atoms with Gasteiger partial charge in [-0.25, -0.2) is 31.6 Å². The number of alkyl halides is 3. The molecule has 2 unspecified atom stereocenters. The van der Waals surface area contributed by atoms with E-state index in [4.69, 9.17) is 11.5 Å². The van der Waals surface area contributed by atoms with Crippen molar-refractivity contribution in [2.24, 2.45) is 5.73 Å². The number of hydrogen-bond acceptors (Lipinski definition) is 7. The highest BCUT2D eigenvalue weighted by Gasteiger charge is 2.29. The minimum Gasteiger partial charge on any atom is -0.389 e. The van der Waals surface area contributed by atoms with Crippen LogP contribution in [0.1, 0.15) is 23.3 Å². The number of benzene rings is 1. The first kappa shape index (κ1) is 24.9. The zero-order chi connectivity index (χ0) is 25.3. The van der Waals surface area contributed by atoms with Crippen molar-refractivity contribution < 1.29 is 26.7 Å². The third kappa shape index (κ3) is 5.22. The monoisotopic (exact) mass is 515 g/mol. The van der Waals surface area contributed by atoms with Crippen molar-refractivity contribution in [1.29, 1.82) is 0 Å². The van der Waals surface area contributed by atoms with Crippen LogP contribution in [0.25, 0.3) is 10.6 Å². The Labute approximate surface area is 200 Å². The lowest BCUT2D eigenvalue weighted by Gasteiger charge is -2.25. The topological polar surface area (TPSA) is 115 Å². The zero-order valence-corrected chi connectivity index (χ0v) is 19.0. The molecule has 1 fully saturated rings. The number of carbonyl (C=O) groups excluding carboxylic acids is 1. The number of amides is 1. The van der Waals surface area contributed by atoms with Crippen molar-refractivity contribution in [3.05, 3.63) is 41.7 Å². The molecule has 0 aliphatic carbocycles. The molecule has 35 heavy (non-hydrogen) atoms. The maximum atomic E-state index is 14.2. The van der Waals surface area contributed by atoms with Crippen molar-refractivity contribution in [3.8, 4) is 10.6 Å². The lowest BCUT2D eigenvalue weighted by molar-refractivity contribution is 0.102. The Balaban J connectivity index is 1.64. The largest absolute Gasteiger partial charge is 0.389 e. The van der Waals surface area contributed by atoms with Gasteiger partial charge < -0.3 is 21.7 Å². The zero-order valence-electron chi connectivity index (χ0n) is 18.2. The summed E-state index contributed by atoms with van der Waals surface area (Å²) >= 11 is 0.724. The number of halogens is 5. The molecule has 0 radical (unpaired) electrons. The summed E-state index contributed by atoms with van der Waals surface area (Å²) < 4.78 is 69.7. The van der Waals surface area contributed by atoms with Crippen LogP contribution in [0.3, 0.4) is 0 Å². The molecule has 3 heterocycles. The molecule has 4 rings (SSSR count). The maximum Gasteiger partial charge on any atom is 0.277 e. The van der Waals surface area contributed by atoms with Crippen LogP contribution in [0.2, 0.25) is 0 Å². The molecule has 1 amide bonds. The van der Waals surface area contributed by atoms with E-state index in [1.165, 1.54) is 12.3 Å². The van der Waals surface area contributed by atoms with Crippen molar-refractivity contribution >= 4 is 33.8 Å². The molecule has 1 aliphatic rings. The summed E-state index contributed by atoms with van der Waals surface area (Å²) in [6.45, 7) is -0.320.